The molecule has 0 saturated heterocycles. The number of carbonyl (C=O) groups excluding carboxylic acids is 1. The Kier molecular flexibility index (Phi) is 7.77. The van der Waals surface area contributed by atoms with E-state index in [4.69, 9.17) is 0 Å². The average Bonchev–Trinajstić information content (AvgIpc) is 3.31. The second kappa shape index (κ2) is 11.1. The summed E-state index contributed by atoms with van der Waals surface area (Å²) in [7, 11) is 0. The maximum atomic E-state index is 13.3. The van der Waals surface area contributed by atoms with Crippen molar-refractivity contribution in [3.63, 3.8) is 0 Å². The van der Waals surface area contributed by atoms with Crippen LogP contribution in [0.4, 0.5) is 8.78 Å². The number of hydrogen-bond acceptors (Lipinski definition) is 4. The van der Waals surface area contributed by atoms with Crippen molar-refractivity contribution in [2.75, 3.05) is 0 Å². The van der Waals surface area contributed by atoms with Gasteiger partial charge in [-0.25, -0.2) is 13.8 Å². The van der Waals surface area contributed by atoms with Crippen molar-refractivity contribution in [1.29, 1.82) is 0 Å². The van der Waals surface area contributed by atoms with Gasteiger partial charge in [0, 0.05) is 18.5 Å². The predicted molar refractivity (Wildman–Crippen MR) is 130 cm³/mol. The third-order valence-corrected chi connectivity index (χ3v) is 6.26. The van der Waals surface area contributed by atoms with E-state index in [1.165, 1.54) is 35.6 Å². The van der Waals surface area contributed by atoms with Crippen LogP contribution in [0.25, 0.3) is 0 Å². The lowest BCUT2D eigenvalue weighted by atomic mass is 10.1. The molecule has 1 N–H and O–H groups in total. The van der Waals surface area contributed by atoms with Crippen LogP contribution < -0.4 is 5.32 Å². The van der Waals surface area contributed by atoms with E-state index < -0.39 is 0 Å². The number of nitrogens with zero attached hydrogens (tertiary/aromatic N) is 2. The van der Waals surface area contributed by atoms with Crippen molar-refractivity contribution in [2.45, 2.75) is 32.6 Å². The molecule has 0 aliphatic carbocycles. The first kappa shape index (κ1) is 23.7. The van der Waals surface area contributed by atoms with Gasteiger partial charge >= 0.3 is 0 Å². The Morgan fingerprint density at radius 2 is 1.44 bits per heavy atom. The first-order chi connectivity index (χ1) is 16.5. The van der Waals surface area contributed by atoms with Crippen LogP contribution in [0.3, 0.4) is 0 Å². The van der Waals surface area contributed by atoms with Gasteiger partial charge in [-0.3, -0.25) is 9.69 Å². The number of nitrogens with one attached hydrogen (secondary N) is 1. The van der Waals surface area contributed by atoms with Crippen LogP contribution in [-0.4, -0.2) is 15.8 Å². The molecule has 34 heavy (non-hydrogen) atoms. The van der Waals surface area contributed by atoms with Crippen molar-refractivity contribution in [1.82, 2.24) is 15.2 Å². The monoisotopic (exact) mass is 477 g/mol. The van der Waals surface area contributed by atoms with Crippen LogP contribution in [-0.2, 0) is 19.6 Å². The highest BCUT2D eigenvalue weighted by molar-refractivity contribution is 7.09. The van der Waals surface area contributed by atoms with Crippen LogP contribution >= 0.6 is 11.3 Å². The van der Waals surface area contributed by atoms with Crippen LogP contribution in [0.2, 0.25) is 0 Å². The average molecular weight is 478 g/mol. The molecule has 0 radical (unpaired) electrons. The predicted octanol–water partition coefficient (Wildman–Crippen LogP) is 6.11. The maximum absolute atomic E-state index is 13.3. The molecule has 4 nitrogen and oxygen atoms in total. The summed E-state index contributed by atoms with van der Waals surface area (Å²) in [6, 6.07) is 22.4. The molecule has 1 aromatic heterocycles. The lowest BCUT2D eigenvalue weighted by Gasteiger charge is -2.21. The zero-order chi connectivity index (χ0) is 23.9. The molecule has 0 saturated carbocycles. The lowest BCUT2D eigenvalue weighted by molar-refractivity contribution is 0.0935. The van der Waals surface area contributed by atoms with Gasteiger partial charge in [0.05, 0.1) is 12.6 Å². The molecule has 0 aliphatic heterocycles. The van der Waals surface area contributed by atoms with E-state index in [9.17, 15) is 13.6 Å². The van der Waals surface area contributed by atoms with E-state index in [2.05, 4.69) is 15.2 Å². The number of benzene rings is 3. The van der Waals surface area contributed by atoms with E-state index in [1.54, 1.807) is 29.6 Å². The highest BCUT2D eigenvalue weighted by atomic mass is 32.1. The summed E-state index contributed by atoms with van der Waals surface area (Å²) < 4.78 is 26.7. The van der Waals surface area contributed by atoms with E-state index >= 15 is 0 Å². The molecule has 1 unspecified atom stereocenters. The molecule has 0 bridgehead atoms. The third kappa shape index (κ3) is 6.56. The van der Waals surface area contributed by atoms with E-state index in [1.807, 2.05) is 37.3 Å². The Hall–Kier alpha value is -3.42. The van der Waals surface area contributed by atoms with Gasteiger partial charge in [-0.15, -0.1) is 11.3 Å². The number of hydrogen-bond donors (Lipinski definition) is 1. The Balaban J connectivity index is 1.45. The molecular weight excluding hydrogens is 452 g/mol. The highest BCUT2D eigenvalue weighted by Gasteiger charge is 2.17. The van der Waals surface area contributed by atoms with Crippen molar-refractivity contribution in [3.05, 3.63) is 123 Å². The summed E-state index contributed by atoms with van der Waals surface area (Å²) in [5, 5.41) is 5.54. The standard InChI is InChI=1S/C27H25F2N3OS/c1-19(22-5-3-2-4-6-22)30-27(33)25-18-34-26(31-25)17-32(15-20-7-11-23(28)12-8-20)16-21-9-13-24(29)14-10-21/h2-14,18-19H,15-17H2,1H3,(H,30,33). The van der Waals surface area contributed by atoms with Crippen molar-refractivity contribution in [2.24, 2.45) is 0 Å². The fourth-order valence-electron chi connectivity index (χ4n) is 3.64. The number of thiazole rings is 1. The number of carbonyl (C=O) groups is 1. The van der Waals surface area contributed by atoms with E-state index in [0.717, 1.165) is 21.7 Å². The number of aromatic nitrogens is 1. The summed E-state index contributed by atoms with van der Waals surface area (Å²) in [5.74, 6) is -0.786. The van der Waals surface area contributed by atoms with Crippen LogP contribution in [0, 0.1) is 11.6 Å². The molecule has 3 aromatic carbocycles. The van der Waals surface area contributed by atoms with E-state index in [0.29, 0.717) is 25.3 Å². The Morgan fingerprint density at radius 1 is 0.882 bits per heavy atom. The van der Waals surface area contributed by atoms with Gasteiger partial charge in [0.25, 0.3) is 5.91 Å². The zero-order valence-electron chi connectivity index (χ0n) is 18.7. The molecule has 0 spiro atoms. The molecule has 4 rings (SSSR count). The lowest BCUT2D eigenvalue weighted by Crippen LogP contribution is -2.27. The molecule has 0 fully saturated rings. The van der Waals surface area contributed by atoms with Crippen molar-refractivity contribution >= 4 is 17.2 Å². The number of halogens is 2. The second-order valence-electron chi connectivity index (χ2n) is 8.13. The fraction of sp³-hybridized carbons (Fsp3) is 0.185. The molecule has 7 heteroatoms. The van der Waals surface area contributed by atoms with Crippen LogP contribution in [0.5, 0.6) is 0 Å². The number of amides is 1. The Morgan fingerprint density at radius 3 is 2.00 bits per heavy atom. The fourth-order valence-corrected chi connectivity index (χ4v) is 4.45. The highest BCUT2D eigenvalue weighted by Crippen LogP contribution is 2.19. The molecule has 1 amide bonds. The minimum absolute atomic E-state index is 0.132. The number of rotatable bonds is 9. The second-order valence-corrected chi connectivity index (χ2v) is 9.07. The zero-order valence-corrected chi connectivity index (χ0v) is 19.6. The van der Waals surface area contributed by atoms with E-state index in [-0.39, 0.29) is 23.6 Å². The van der Waals surface area contributed by atoms with Gasteiger partial charge in [-0.1, -0.05) is 54.6 Å². The van der Waals surface area contributed by atoms with Crippen LogP contribution in [0.15, 0.2) is 84.2 Å². The van der Waals surface area contributed by atoms with Crippen LogP contribution in [0.1, 0.15) is 45.2 Å². The van der Waals surface area contributed by atoms with Gasteiger partial charge in [0.15, 0.2) is 0 Å². The molecule has 174 valence electrons. The summed E-state index contributed by atoms with van der Waals surface area (Å²) in [6.45, 7) is 3.56. The SMILES string of the molecule is CC(NC(=O)c1csc(CN(Cc2ccc(F)cc2)Cc2ccc(F)cc2)n1)c1ccccc1. The molecule has 1 heterocycles. The minimum atomic E-state index is -0.283. The summed E-state index contributed by atoms with van der Waals surface area (Å²) in [6.07, 6.45) is 0. The molecule has 0 aliphatic rings. The molecular formula is C27H25F2N3OS. The minimum Gasteiger partial charge on any atom is -0.344 e. The van der Waals surface area contributed by atoms with Crippen molar-refractivity contribution in [3.8, 4) is 0 Å². The Labute approximate surface area is 201 Å². The summed E-state index contributed by atoms with van der Waals surface area (Å²) in [4.78, 5) is 19.4. The smallest absolute Gasteiger partial charge is 0.271 e. The van der Waals surface area contributed by atoms with Gasteiger partial charge in [-0.05, 0) is 47.9 Å². The van der Waals surface area contributed by atoms with Gasteiger partial charge in [0.2, 0.25) is 0 Å². The molecule has 4 aromatic rings. The van der Waals surface area contributed by atoms with Crippen molar-refractivity contribution < 1.29 is 13.6 Å². The first-order valence-corrected chi connectivity index (χ1v) is 11.9. The first-order valence-electron chi connectivity index (χ1n) is 11.0. The maximum Gasteiger partial charge on any atom is 0.271 e. The third-order valence-electron chi connectivity index (χ3n) is 5.43. The molecule has 1 atom stereocenters. The van der Waals surface area contributed by atoms with Gasteiger partial charge in [-0.2, -0.15) is 0 Å². The quantitative estimate of drug-likeness (QED) is 0.316. The summed E-state index contributed by atoms with van der Waals surface area (Å²) >= 11 is 1.42. The summed E-state index contributed by atoms with van der Waals surface area (Å²) in [5.41, 5.74) is 3.31. The normalized spacial score (nSPS) is 12.0. The Bertz CT molecular complexity index is 1160. The largest absolute Gasteiger partial charge is 0.344 e. The van der Waals surface area contributed by atoms with Gasteiger partial charge < -0.3 is 5.32 Å². The van der Waals surface area contributed by atoms with Gasteiger partial charge in [0.1, 0.15) is 22.3 Å². The topological polar surface area (TPSA) is 45.2 Å².